The van der Waals surface area contributed by atoms with Gasteiger partial charge < -0.3 is 4.74 Å². The number of para-hydroxylation sites is 1. The van der Waals surface area contributed by atoms with Crippen molar-refractivity contribution < 1.29 is 9.53 Å². The van der Waals surface area contributed by atoms with Gasteiger partial charge in [-0.2, -0.15) is 0 Å². The summed E-state index contributed by atoms with van der Waals surface area (Å²) in [6.07, 6.45) is 7.41. The number of benzene rings is 1. The lowest BCUT2D eigenvalue weighted by molar-refractivity contribution is -0.134. The van der Waals surface area contributed by atoms with Crippen molar-refractivity contribution in [1.29, 1.82) is 0 Å². The fourth-order valence-electron chi connectivity index (χ4n) is 2.22. The summed E-state index contributed by atoms with van der Waals surface area (Å²) in [4.78, 5) is 13.1. The van der Waals surface area contributed by atoms with Gasteiger partial charge in [-0.25, -0.2) is 0 Å². The summed E-state index contributed by atoms with van der Waals surface area (Å²) in [6, 6.07) is 13.6. The molecule has 0 aliphatic carbocycles. The SMILES string of the molecule is O=C(CCCCCCCc1cccs1)Oc1ccccc1. The van der Waals surface area contributed by atoms with Crippen LogP contribution in [0.5, 0.6) is 5.75 Å². The molecule has 1 aromatic carbocycles. The van der Waals surface area contributed by atoms with E-state index in [1.165, 1.54) is 30.6 Å². The lowest BCUT2D eigenvalue weighted by Crippen LogP contribution is -2.07. The number of unbranched alkanes of at least 4 members (excludes halogenated alkanes) is 4. The Bertz CT molecular complexity index is 505. The molecular weight excluding hydrogens is 280 g/mol. The van der Waals surface area contributed by atoms with E-state index in [4.69, 9.17) is 4.74 Å². The van der Waals surface area contributed by atoms with Crippen molar-refractivity contribution >= 4 is 17.3 Å². The zero-order valence-electron chi connectivity index (χ0n) is 12.3. The molecule has 0 radical (unpaired) electrons. The van der Waals surface area contributed by atoms with Crippen LogP contribution < -0.4 is 4.74 Å². The average Bonchev–Trinajstić information content (AvgIpc) is 3.00. The highest BCUT2D eigenvalue weighted by Crippen LogP contribution is 2.15. The molecule has 1 aromatic heterocycles. The van der Waals surface area contributed by atoms with Gasteiger partial charge in [0.25, 0.3) is 0 Å². The van der Waals surface area contributed by atoms with Gasteiger partial charge in [0, 0.05) is 11.3 Å². The highest BCUT2D eigenvalue weighted by molar-refractivity contribution is 7.09. The second-order valence-electron chi connectivity index (χ2n) is 5.13. The number of rotatable bonds is 9. The van der Waals surface area contributed by atoms with Crippen molar-refractivity contribution in [2.45, 2.75) is 44.9 Å². The number of hydrogen-bond donors (Lipinski definition) is 0. The molecule has 0 aliphatic rings. The molecule has 0 saturated carbocycles. The molecule has 112 valence electrons. The number of hydrogen-bond acceptors (Lipinski definition) is 3. The summed E-state index contributed by atoms with van der Waals surface area (Å²) in [5.74, 6) is 0.512. The Labute approximate surface area is 130 Å². The monoisotopic (exact) mass is 302 g/mol. The number of ether oxygens (including phenoxy) is 1. The van der Waals surface area contributed by atoms with E-state index in [0.717, 1.165) is 12.8 Å². The fraction of sp³-hybridized carbons (Fsp3) is 0.389. The normalized spacial score (nSPS) is 10.5. The summed E-state index contributed by atoms with van der Waals surface area (Å²) >= 11 is 1.83. The molecule has 0 aliphatic heterocycles. The second-order valence-corrected chi connectivity index (χ2v) is 6.17. The first-order valence-electron chi connectivity index (χ1n) is 7.63. The van der Waals surface area contributed by atoms with Crippen LogP contribution in [0.25, 0.3) is 0 Å². The third-order valence-electron chi connectivity index (χ3n) is 3.36. The van der Waals surface area contributed by atoms with E-state index >= 15 is 0 Å². The smallest absolute Gasteiger partial charge is 0.311 e. The summed E-state index contributed by atoms with van der Waals surface area (Å²) < 4.78 is 5.25. The second kappa shape index (κ2) is 9.35. The number of carbonyl (C=O) groups excluding carboxylic acids is 1. The Morgan fingerprint density at radius 2 is 1.67 bits per heavy atom. The van der Waals surface area contributed by atoms with Crippen molar-refractivity contribution in [3.05, 3.63) is 52.7 Å². The van der Waals surface area contributed by atoms with Gasteiger partial charge in [-0.3, -0.25) is 4.79 Å². The molecule has 2 rings (SSSR count). The Hall–Kier alpha value is -1.61. The van der Waals surface area contributed by atoms with Crippen molar-refractivity contribution in [2.75, 3.05) is 0 Å². The Kier molecular flexibility index (Phi) is 7.02. The van der Waals surface area contributed by atoms with Crippen LogP contribution in [0.2, 0.25) is 0 Å². The Morgan fingerprint density at radius 1 is 0.905 bits per heavy atom. The summed E-state index contributed by atoms with van der Waals surface area (Å²) in [6.45, 7) is 0. The minimum Gasteiger partial charge on any atom is -0.427 e. The summed E-state index contributed by atoms with van der Waals surface area (Å²) in [5.41, 5.74) is 0. The van der Waals surface area contributed by atoms with Gasteiger partial charge in [0.1, 0.15) is 5.75 Å². The van der Waals surface area contributed by atoms with Crippen molar-refractivity contribution in [1.82, 2.24) is 0 Å². The van der Waals surface area contributed by atoms with Gasteiger partial charge in [0.15, 0.2) is 0 Å². The highest BCUT2D eigenvalue weighted by Gasteiger charge is 2.04. The summed E-state index contributed by atoms with van der Waals surface area (Å²) in [5, 5.41) is 2.13. The van der Waals surface area contributed by atoms with E-state index in [-0.39, 0.29) is 5.97 Å². The number of thiophene rings is 1. The average molecular weight is 302 g/mol. The molecule has 2 aromatic rings. The van der Waals surface area contributed by atoms with Crippen LogP contribution in [0.15, 0.2) is 47.8 Å². The Morgan fingerprint density at radius 3 is 2.43 bits per heavy atom. The third-order valence-corrected chi connectivity index (χ3v) is 4.30. The standard InChI is InChI=1S/C18H22O2S/c19-18(20-16-10-5-4-6-11-16)14-8-3-1-2-7-12-17-13-9-15-21-17/h4-6,9-11,13,15H,1-3,7-8,12,14H2. The maximum Gasteiger partial charge on any atom is 0.311 e. The van der Waals surface area contributed by atoms with E-state index < -0.39 is 0 Å². The van der Waals surface area contributed by atoms with Crippen molar-refractivity contribution in [3.63, 3.8) is 0 Å². The molecule has 21 heavy (non-hydrogen) atoms. The van der Waals surface area contributed by atoms with Gasteiger partial charge in [-0.1, -0.05) is 43.5 Å². The lowest BCUT2D eigenvalue weighted by atomic mass is 10.1. The molecule has 0 fully saturated rings. The molecule has 3 heteroatoms. The molecule has 0 saturated heterocycles. The first kappa shape index (κ1) is 15.8. The van der Waals surface area contributed by atoms with Crippen LogP contribution in [0, 0.1) is 0 Å². The minimum absolute atomic E-state index is 0.125. The first-order valence-corrected chi connectivity index (χ1v) is 8.50. The van der Waals surface area contributed by atoms with Crippen LogP contribution in [0.3, 0.4) is 0 Å². The van der Waals surface area contributed by atoms with E-state index in [1.807, 2.05) is 41.7 Å². The van der Waals surface area contributed by atoms with E-state index in [9.17, 15) is 4.79 Å². The molecule has 0 N–H and O–H groups in total. The van der Waals surface area contributed by atoms with Crippen molar-refractivity contribution in [2.24, 2.45) is 0 Å². The fourth-order valence-corrected chi connectivity index (χ4v) is 2.98. The molecule has 0 atom stereocenters. The molecule has 0 unspecified atom stereocenters. The van der Waals surface area contributed by atoms with Gasteiger partial charge in [0.2, 0.25) is 0 Å². The van der Waals surface area contributed by atoms with Crippen LogP contribution >= 0.6 is 11.3 Å². The highest BCUT2D eigenvalue weighted by atomic mass is 32.1. The van der Waals surface area contributed by atoms with E-state index in [0.29, 0.717) is 12.2 Å². The molecule has 2 nitrogen and oxygen atoms in total. The minimum atomic E-state index is -0.125. The molecule has 0 bridgehead atoms. The topological polar surface area (TPSA) is 26.3 Å². The van der Waals surface area contributed by atoms with E-state index in [1.54, 1.807) is 0 Å². The number of carbonyl (C=O) groups is 1. The molecule has 0 spiro atoms. The van der Waals surface area contributed by atoms with Gasteiger partial charge in [-0.05, 0) is 42.8 Å². The van der Waals surface area contributed by atoms with Crippen molar-refractivity contribution in [3.8, 4) is 5.75 Å². The number of aryl methyl sites for hydroxylation is 1. The molecule has 0 amide bonds. The number of esters is 1. The van der Waals surface area contributed by atoms with Gasteiger partial charge >= 0.3 is 5.97 Å². The van der Waals surface area contributed by atoms with Gasteiger partial charge in [-0.15, -0.1) is 11.3 Å². The Balaban J connectivity index is 1.47. The quantitative estimate of drug-likeness (QED) is 0.360. The lowest BCUT2D eigenvalue weighted by Gasteiger charge is -2.04. The first-order chi connectivity index (χ1) is 10.3. The summed E-state index contributed by atoms with van der Waals surface area (Å²) in [7, 11) is 0. The zero-order chi connectivity index (χ0) is 14.8. The largest absolute Gasteiger partial charge is 0.427 e. The van der Waals surface area contributed by atoms with Crippen LogP contribution in [0.1, 0.15) is 43.4 Å². The van der Waals surface area contributed by atoms with E-state index in [2.05, 4.69) is 17.5 Å². The van der Waals surface area contributed by atoms with Crippen LogP contribution in [-0.4, -0.2) is 5.97 Å². The maximum atomic E-state index is 11.6. The predicted molar refractivity (Wildman–Crippen MR) is 87.8 cm³/mol. The molecule has 1 heterocycles. The maximum absolute atomic E-state index is 11.6. The van der Waals surface area contributed by atoms with Crippen LogP contribution in [-0.2, 0) is 11.2 Å². The van der Waals surface area contributed by atoms with Gasteiger partial charge in [0.05, 0.1) is 0 Å². The zero-order valence-corrected chi connectivity index (χ0v) is 13.1. The third kappa shape index (κ3) is 6.58. The predicted octanol–water partition coefficient (Wildman–Crippen LogP) is 5.24. The molecular formula is C18H22O2S. The van der Waals surface area contributed by atoms with Crippen LogP contribution in [0.4, 0.5) is 0 Å².